The van der Waals surface area contributed by atoms with Crippen molar-refractivity contribution in [2.45, 2.75) is 19.4 Å². The Morgan fingerprint density at radius 2 is 2.00 bits per heavy atom. The molecule has 1 aromatic rings. The molecule has 8 heteroatoms. The van der Waals surface area contributed by atoms with Crippen LogP contribution in [-0.2, 0) is 4.79 Å². The maximum atomic E-state index is 11.9. The number of nitro benzene ring substituents is 1. The number of primary amides is 1. The van der Waals surface area contributed by atoms with E-state index in [2.05, 4.69) is 5.32 Å². The Kier molecular flexibility index (Phi) is 4.10. The number of nitrogens with two attached hydrogens (primary N) is 1. The summed E-state index contributed by atoms with van der Waals surface area (Å²) in [4.78, 5) is 33.1. The lowest BCUT2D eigenvalue weighted by molar-refractivity contribution is -0.384. The number of carbonyl (C=O) groups excluding carboxylic acids is 2. The lowest BCUT2D eigenvalue weighted by Gasteiger charge is -2.22. The third-order valence-corrected chi connectivity index (χ3v) is 2.86. The first-order valence-corrected chi connectivity index (χ1v) is 5.60. The summed E-state index contributed by atoms with van der Waals surface area (Å²) in [6.45, 7) is 2.83. The largest absolute Gasteiger partial charge is 0.368 e. The number of rotatable bonds is 4. The van der Waals surface area contributed by atoms with E-state index in [4.69, 9.17) is 17.3 Å². The minimum Gasteiger partial charge on any atom is -0.368 e. The predicted molar refractivity (Wildman–Crippen MR) is 68.8 cm³/mol. The summed E-state index contributed by atoms with van der Waals surface area (Å²) in [6, 6.07) is 3.83. The summed E-state index contributed by atoms with van der Waals surface area (Å²) in [6.07, 6.45) is 0. The molecule has 7 nitrogen and oxygen atoms in total. The SMILES string of the molecule is CC(C)(NC(=O)c1cccc([N+](=O)[O-])c1Cl)C(N)=O. The minimum atomic E-state index is -1.29. The van der Waals surface area contributed by atoms with Gasteiger partial charge < -0.3 is 11.1 Å². The van der Waals surface area contributed by atoms with Gasteiger partial charge in [0.05, 0.1) is 10.5 Å². The molecule has 0 saturated heterocycles. The number of benzene rings is 1. The number of nitro groups is 1. The Balaban J connectivity index is 3.12. The monoisotopic (exact) mass is 285 g/mol. The van der Waals surface area contributed by atoms with Gasteiger partial charge in [0.1, 0.15) is 10.6 Å². The van der Waals surface area contributed by atoms with Gasteiger partial charge in [0, 0.05) is 6.07 Å². The summed E-state index contributed by atoms with van der Waals surface area (Å²) < 4.78 is 0. The highest BCUT2D eigenvalue weighted by molar-refractivity contribution is 6.35. The lowest BCUT2D eigenvalue weighted by Crippen LogP contribution is -2.53. The maximum absolute atomic E-state index is 11.9. The van der Waals surface area contributed by atoms with Crippen LogP contribution < -0.4 is 11.1 Å². The smallest absolute Gasteiger partial charge is 0.288 e. The number of nitrogens with one attached hydrogen (secondary N) is 1. The van der Waals surface area contributed by atoms with Crippen molar-refractivity contribution in [3.63, 3.8) is 0 Å². The summed E-state index contributed by atoms with van der Waals surface area (Å²) in [5.74, 6) is -1.44. The van der Waals surface area contributed by atoms with Crippen LogP contribution in [0.15, 0.2) is 18.2 Å². The Morgan fingerprint density at radius 3 is 2.47 bits per heavy atom. The average molecular weight is 286 g/mol. The number of hydrogen-bond donors (Lipinski definition) is 2. The fraction of sp³-hybridized carbons (Fsp3) is 0.273. The van der Waals surface area contributed by atoms with Crippen LogP contribution in [0.1, 0.15) is 24.2 Å². The second-order valence-corrected chi connectivity index (χ2v) is 4.72. The molecular formula is C11H12ClN3O4. The van der Waals surface area contributed by atoms with Crippen LogP contribution in [0.2, 0.25) is 5.02 Å². The molecule has 0 aliphatic carbocycles. The molecule has 0 radical (unpaired) electrons. The van der Waals surface area contributed by atoms with Crippen molar-refractivity contribution in [2.75, 3.05) is 0 Å². The zero-order chi connectivity index (χ0) is 14.8. The topological polar surface area (TPSA) is 115 Å². The van der Waals surface area contributed by atoms with E-state index in [1.807, 2.05) is 0 Å². The lowest BCUT2D eigenvalue weighted by atomic mass is 10.0. The fourth-order valence-corrected chi connectivity index (χ4v) is 1.53. The molecule has 3 N–H and O–H groups in total. The van der Waals surface area contributed by atoms with Crippen LogP contribution in [0, 0.1) is 10.1 Å². The van der Waals surface area contributed by atoms with E-state index in [1.165, 1.54) is 32.0 Å². The Morgan fingerprint density at radius 1 is 1.42 bits per heavy atom. The summed E-state index contributed by atoms with van der Waals surface area (Å²) in [5, 5.41) is 12.8. The average Bonchev–Trinajstić information content (AvgIpc) is 2.27. The van der Waals surface area contributed by atoms with Crippen molar-refractivity contribution >= 4 is 29.1 Å². The molecular weight excluding hydrogens is 274 g/mol. The summed E-state index contributed by atoms with van der Waals surface area (Å²) >= 11 is 5.79. The van der Waals surface area contributed by atoms with Crippen molar-refractivity contribution in [3.8, 4) is 0 Å². The van der Waals surface area contributed by atoms with Crippen LogP contribution in [0.25, 0.3) is 0 Å². The van der Waals surface area contributed by atoms with Crippen molar-refractivity contribution in [2.24, 2.45) is 5.73 Å². The number of amides is 2. The molecule has 0 spiro atoms. The first-order valence-electron chi connectivity index (χ1n) is 5.22. The highest BCUT2D eigenvalue weighted by Gasteiger charge is 2.29. The van der Waals surface area contributed by atoms with E-state index in [1.54, 1.807) is 0 Å². The molecule has 0 aliphatic rings. The normalized spacial score (nSPS) is 10.9. The van der Waals surface area contributed by atoms with Gasteiger partial charge >= 0.3 is 0 Å². The molecule has 2 amide bonds. The highest BCUT2D eigenvalue weighted by Crippen LogP contribution is 2.27. The van der Waals surface area contributed by atoms with Gasteiger partial charge in [-0.15, -0.1) is 0 Å². The first kappa shape index (κ1) is 14.9. The molecule has 0 fully saturated rings. The molecule has 0 aliphatic heterocycles. The number of hydrogen-bond acceptors (Lipinski definition) is 4. The van der Waals surface area contributed by atoms with Gasteiger partial charge in [-0.25, -0.2) is 0 Å². The van der Waals surface area contributed by atoms with Gasteiger partial charge in [-0.05, 0) is 19.9 Å². The zero-order valence-electron chi connectivity index (χ0n) is 10.3. The van der Waals surface area contributed by atoms with E-state index in [-0.39, 0.29) is 16.3 Å². The van der Waals surface area contributed by atoms with Crippen LogP contribution in [0.3, 0.4) is 0 Å². The molecule has 1 rings (SSSR count). The molecule has 0 heterocycles. The second kappa shape index (κ2) is 5.23. The third-order valence-electron chi connectivity index (χ3n) is 2.46. The molecule has 1 aromatic carbocycles. The van der Waals surface area contributed by atoms with E-state index in [0.717, 1.165) is 0 Å². The second-order valence-electron chi connectivity index (χ2n) is 4.34. The molecule has 0 saturated carbocycles. The quantitative estimate of drug-likeness (QED) is 0.639. The van der Waals surface area contributed by atoms with Crippen LogP contribution >= 0.6 is 11.6 Å². The van der Waals surface area contributed by atoms with Crippen LogP contribution in [0.5, 0.6) is 0 Å². The number of carbonyl (C=O) groups is 2. The molecule has 0 aromatic heterocycles. The molecule has 0 atom stereocenters. The Labute approximate surface area is 113 Å². The number of halogens is 1. The Hall–Kier alpha value is -2.15. The van der Waals surface area contributed by atoms with E-state index >= 15 is 0 Å². The van der Waals surface area contributed by atoms with Gasteiger partial charge in [0.25, 0.3) is 11.6 Å². The van der Waals surface area contributed by atoms with Gasteiger partial charge in [-0.1, -0.05) is 17.7 Å². The summed E-state index contributed by atoms with van der Waals surface area (Å²) in [7, 11) is 0. The van der Waals surface area contributed by atoms with Crippen LogP contribution in [0.4, 0.5) is 5.69 Å². The third kappa shape index (κ3) is 3.19. The van der Waals surface area contributed by atoms with Gasteiger partial charge in [-0.2, -0.15) is 0 Å². The van der Waals surface area contributed by atoms with Crippen LogP contribution in [-0.4, -0.2) is 22.3 Å². The Bertz CT molecular complexity index is 557. The first-order chi connectivity index (χ1) is 8.66. The molecule has 19 heavy (non-hydrogen) atoms. The van der Waals surface area contributed by atoms with Crippen molar-refractivity contribution in [1.29, 1.82) is 0 Å². The van der Waals surface area contributed by atoms with Crippen molar-refractivity contribution < 1.29 is 14.5 Å². The minimum absolute atomic E-state index is 0.0924. The summed E-state index contributed by atoms with van der Waals surface area (Å²) in [5.41, 5.74) is 3.36. The molecule has 0 bridgehead atoms. The van der Waals surface area contributed by atoms with Gasteiger partial charge in [0.2, 0.25) is 5.91 Å². The zero-order valence-corrected chi connectivity index (χ0v) is 11.0. The van der Waals surface area contributed by atoms with E-state index < -0.39 is 22.3 Å². The molecule has 0 unspecified atom stereocenters. The van der Waals surface area contributed by atoms with Crippen molar-refractivity contribution in [1.82, 2.24) is 5.32 Å². The maximum Gasteiger partial charge on any atom is 0.288 e. The van der Waals surface area contributed by atoms with E-state index in [9.17, 15) is 19.7 Å². The standard InChI is InChI=1S/C11H12ClN3O4/c1-11(2,10(13)17)14-9(16)6-4-3-5-7(8(6)12)15(18)19/h3-5H,1-2H3,(H2,13,17)(H,14,16). The van der Waals surface area contributed by atoms with Gasteiger partial charge in [-0.3, -0.25) is 19.7 Å². The highest BCUT2D eigenvalue weighted by atomic mass is 35.5. The fourth-order valence-electron chi connectivity index (χ4n) is 1.25. The van der Waals surface area contributed by atoms with Crippen molar-refractivity contribution in [3.05, 3.63) is 38.9 Å². The number of nitrogens with zero attached hydrogens (tertiary/aromatic N) is 1. The van der Waals surface area contributed by atoms with E-state index in [0.29, 0.717) is 0 Å². The molecule has 102 valence electrons. The predicted octanol–water partition coefficient (Wildman–Crippen LogP) is 1.24. The van der Waals surface area contributed by atoms with Gasteiger partial charge in [0.15, 0.2) is 0 Å².